The number of piperazine rings is 1. The van der Waals surface area contributed by atoms with Crippen LogP contribution in [-0.2, 0) is 9.53 Å². The molecular formula is C15H19BrN2O3. The maximum absolute atomic E-state index is 12.4. The van der Waals surface area contributed by atoms with Crippen LogP contribution in [0.1, 0.15) is 17.3 Å². The summed E-state index contributed by atoms with van der Waals surface area (Å²) in [5.41, 5.74) is 0.940. The van der Waals surface area contributed by atoms with Crippen molar-refractivity contribution in [3.05, 3.63) is 35.9 Å². The highest BCUT2D eigenvalue weighted by atomic mass is 79.9. The van der Waals surface area contributed by atoms with Crippen molar-refractivity contribution in [3.63, 3.8) is 0 Å². The van der Waals surface area contributed by atoms with Gasteiger partial charge >= 0.3 is 6.09 Å². The minimum atomic E-state index is -0.340. The van der Waals surface area contributed by atoms with Crippen LogP contribution in [0.4, 0.5) is 4.79 Å². The molecule has 2 rings (SSSR count). The molecule has 1 unspecified atom stereocenters. The van der Waals surface area contributed by atoms with Crippen LogP contribution in [0.5, 0.6) is 0 Å². The van der Waals surface area contributed by atoms with E-state index in [0.29, 0.717) is 32.8 Å². The van der Waals surface area contributed by atoms with E-state index in [4.69, 9.17) is 4.74 Å². The van der Waals surface area contributed by atoms with Gasteiger partial charge in [-0.1, -0.05) is 46.3 Å². The number of carbonyl (C=O) groups excluding carboxylic acids is 2. The molecule has 21 heavy (non-hydrogen) atoms. The highest BCUT2D eigenvalue weighted by molar-refractivity contribution is 9.09. The average Bonchev–Trinajstić information content (AvgIpc) is 2.54. The maximum atomic E-state index is 12.4. The zero-order valence-corrected chi connectivity index (χ0v) is 13.6. The Bertz CT molecular complexity index is 487. The molecule has 1 aliphatic rings. The number of hydrogen-bond acceptors (Lipinski definition) is 3. The van der Waals surface area contributed by atoms with E-state index in [1.54, 1.807) is 16.7 Å². The fourth-order valence-corrected chi connectivity index (χ4v) is 2.84. The van der Waals surface area contributed by atoms with Gasteiger partial charge in [-0.05, 0) is 12.5 Å². The van der Waals surface area contributed by atoms with Gasteiger partial charge in [0.25, 0.3) is 0 Å². The van der Waals surface area contributed by atoms with E-state index in [-0.39, 0.29) is 16.8 Å². The fourth-order valence-electron chi connectivity index (χ4n) is 2.25. The van der Waals surface area contributed by atoms with Gasteiger partial charge in [0.1, 0.15) is 4.83 Å². The molecule has 2 amide bonds. The maximum Gasteiger partial charge on any atom is 0.409 e. The standard InChI is InChI=1S/C15H19BrN2O3/c1-2-21-15(20)18-10-8-17(9-11-18)14(19)13(16)12-6-4-3-5-7-12/h3-7,13H,2,8-11H2,1H3. The topological polar surface area (TPSA) is 49.9 Å². The Morgan fingerprint density at radius 2 is 1.71 bits per heavy atom. The molecule has 1 heterocycles. The summed E-state index contributed by atoms with van der Waals surface area (Å²) in [6.45, 7) is 4.25. The molecule has 0 aliphatic carbocycles. The van der Waals surface area contributed by atoms with Gasteiger partial charge in [0.15, 0.2) is 0 Å². The molecule has 5 nitrogen and oxygen atoms in total. The third kappa shape index (κ3) is 3.97. The molecule has 1 aliphatic heterocycles. The van der Waals surface area contributed by atoms with Crippen LogP contribution in [0.2, 0.25) is 0 Å². The number of rotatable bonds is 3. The number of amides is 2. The normalized spacial score (nSPS) is 16.5. The van der Waals surface area contributed by atoms with Gasteiger partial charge in [0, 0.05) is 26.2 Å². The van der Waals surface area contributed by atoms with Crippen molar-refractivity contribution in [2.24, 2.45) is 0 Å². The van der Waals surface area contributed by atoms with Gasteiger partial charge in [-0.15, -0.1) is 0 Å². The first kappa shape index (κ1) is 15.8. The molecule has 1 fully saturated rings. The summed E-state index contributed by atoms with van der Waals surface area (Å²) in [7, 11) is 0. The molecule has 6 heteroatoms. The average molecular weight is 355 g/mol. The van der Waals surface area contributed by atoms with Crippen LogP contribution in [0.25, 0.3) is 0 Å². The number of alkyl halides is 1. The van der Waals surface area contributed by atoms with Gasteiger partial charge in [0.05, 0.1) is 6.61 Å². The molecule has 0 N–H and O–H groups in total. The van der Waals surface area contributed by atoms with Crippen molar-refractivity contribution in [1.82, 2.24) is 9.80 Å². The summed E-state index contributed by atoms with van der Waals surface area (Å²) in [6, 6.07) is 9.59. The molecule has 0 spiro atoms. The molecular weight excluding hydrogens is 336 g/mol. The van der Waals surface area contributed by atoms with E-state index in [1.807, 2.05) is 30.3 Å². The fraction of sp³-hybridized carbons (Fsp3) is 0.467. The molecule has 0 saturated carbocycles. The summed E-state index contributed by atoms with van der Waals surface area (Å²) in [5.74, 6) is 0.0321. The second-order valence-electron chi connectivity index (χ2n) is 4.78. The molecule has 0 aromatic heterocycles. The first-order valence-corrected chi connectivity index (χ1v) is 7.94. The molecule has 114 valence electrons. The van der Waals surface area contributed by atoms with Gasteiger partial charge in [-0.2, -0.15) is 0 Å². The monoisotopic (exact) mass is 354 g/mol. The van der Waals surface area contributed by atoms with Crippen LogP contribution in [0.3, 0.4) is 0 Å². The van der Waals surface area contributed by atoms with Gasteiger partial charge < -0.3 is 14.5 Å². The van der Waals surface area contributed by atoms with Crippen molar-refractivity contribution in [2.45, 2.75) is 11.8 Å². The predicted octanol–water partition coefficient (Wildman–Crippen LogP) is 2.42. The summed E-state index contributed by atoms with van der Waals surface area (Å²) in [6.07, 6.45) is -0.303. The van der Waals surface area contributed by atoms with Crippen molar-refractivity contribution >= 4 is 27.9 Å². The second kappa shape index (κ2) is 7.45. The Balaban J connectivity index is 1.90. The zero-order valence-electron chi connectivity index (χ0n) is 12.0. The number of nitrogens with zero attached hydrogens (tertiary/aromatic N) is 2. The lowest BCUT2D eigenvalue weighted by atomic mass is 10.1. The van der Waals surface area contributed by atoms with Gasteiger partial charge in [-0.25, -0.2) is 4.79 Å². The van der Waals surface area contributed by atoms with Crippen molar-refractivity contribution in [3.8, 4) is 0 Å². The van der Waals surface area contributed by atoms with Crippen LogP contribution >= 0.6 is 15.9 Å². The summed E-state index contributed by atoms with van der Waals surface area (Å²) in [5, 5.41) is 0. The smallest absolute Gasteiger partial charge is 0.409 e. The number of hydrogen-bond donors (Lipinski definition) is 0. The number of ether oxygens (including phenoxy) is 1. The summed E-state index contributed by atoms with van der Waals surface area (Å²) in [4.78, 5) is 27.1. The molecule has 1 aromatic rings. The third-order valence-electron chi connectivity index (χ3n) is 3.43. The second-order valence-corrected chi connectivity index (χ2v) is 5.70. The van der Waals surface area contributed by atoms with Crippen molar-refractivity contribution in [1.29, 1.82) is 0 Å². The van der Waals surface area contributed by atoms with Crippen LogP contribution in [-0.4, -0.2) is 54.6 Å². The van der Waals surface area contributed by atoms with E-state index >= 15 is 0 Å². The van der Waals surface area contributed by atoms with E-state index < -0.39 is 0 Å². The largest absolute Gasteiger partial charge is 0.450 e. The minimum Gasteiger partial charge on any atom is -0.450 e. The molecule has 0 bridgehead atoms. The lowest BCUT2D eigenvalue weighted by Gasteiger charge is -2.35. The first-order chi connectivity index (χ1) is 10.1. The third-order valence-corrected chi connectivity index (χ3v) is 4.35. The SMILES string of the molecule is CCOC(=O)N1CCN(C(=O)C(Br)c2ccccc2)CC1. The Hall–Kier alpha value is -1.56. The molecule has 1 saturated heterocycles. The van der Waals surface area contributed by atoms with E-state index in [0.717, 1.165) is 5.56 Å². The Kier molecular flexibility index (Phi) is 5.61. The number of benzene rings is 1. The lowest BCUT2D eigenvalue weighted by Crippen LogP contribution is -2.51. The molecule has 0 radical (unpaired) electrons. The summed E-state index contributed by atoms with van der Waals surface area (Å²) < 4.78 is 4.97. The van der Waals surface area contributed by atoms with Crippen molar-refractivity contribution in [2.75, 3.05) is 32.8 Å². The first-order valence-electron chi connectivity index (χ1n) is 7.03. The quantitative estimate of drug-likeness (QED) is 0.783. The van der Waals surface area contributed by atoms with E-state index in [2.05, 4.69) is 15.9 Å². The zero-order chi connectivity index (χ0) is 15.2. The highest BCUT2D eigenvalue weighted by Gasteiger charge is 2.28. The Morgan fingerprint density at radius 3 is 2.29 bits per heavy atom. The van der Waals surface area contributed by atoms with E-state index in [9.17, 15) is 9.59 Å². The summed E-state index contributed by atoms with van der Waals surface area (Å²) >= 11 is 3.46. The predicted molar refractivity (Wildman–Crippen MR) is 83.3 cm³/mol. The molecule has 1 aromatic carbocycles. The van der Waals surface area contributed by atoms with Gasteiger partial charge in [0.2, 0.25) is 5.91 Å². The van der Waals surface area contributed by atoms with Crippen LogP contribution in [0.15, 0.2) is 30.3 Å². The van der Waals surface area contributed by atoms with Crippen LogP contribution < -0.4 is 0 Å². The number of carbonyl (C=O) groups is 2. The Labute approximate surface area is 133 Å². The van der Waals surface area contributed by atoms with Crippen LogP contribution in [0, 0.1) is 0 Å². The number of halogens is 1. The Morgan fingerprint density at radius 1 is 1.14 bits per heavy atom. The molecule has 1 atom stereocenters. The van der Waals surface area contributed by atoms with Crippen molar-refractivity contribution < 1.29 is 14.3 Å². The minimum absolute atomic E-state index is 0.0321. The van der Waals surface area contributed by atoms with E-state index in [1.165, 1.54) is 0 Å². The van der Waals surface area contributed by atoms with Gasteiger partial charge in [-0.3, -0.25) is 4.79 Å². The highest BCUT2D eigenvalue weighted by Crippen LogP contribution is 2.25. The lowest BCUT2D eigenvalue weighted by molar-refractivity contribution is -0.132.